The first-order valence-corrected chi connectivity index (χ1v) is 6.87. The van der Waals surface area contributed by atoms with Crippen molar-refractivity contribution < 1.29 is 13.9 Å². The molecule has 0 aromatic heterocycles. The molecule has 2 aromatic rings. The van der Waals surface area contributed by atoms with E-state index in [1.54, 1.807) is 0 Å². The standard InChI is InChI=1S/C16H15ClFNO2/c1-11-3-2-4-13(9-11)21-8-7-16(20)19-12-5-6-15(18)14(17)10-12/h2-6,9-10H,7-8H2,1H3,(H,19,20). The maximum atomic E-state index is 13.0. The van der Waals surface area contributed by atoms with Crippen LogP contribution in [0.5, 0.6) is 5.75 Å². The summed E-state index contributed by atoms with van der Waals surface area (Å²) in [4.78, 5) is 11.7. The van der Waals surface area contributed by atoms with E-state index in [9.17, 15) is 9.18 Å². The van der Waals surface area contributed by atoms with Crippen LogP contribution in [0.15, 0.2) is 42.5 Å². The normalized spacial score (nSPS) is 10.2. The van der Waals surface area contributed by atoms with Gasteiger partial charge in [0.25, 0.3) is 0 Å². The third-order valence-corrected chi connectivity index (χ3v) is 3.08. The molecule has 5 heteroatoms. The molecule has 0 spiro atoms. The Labute approximate surface area is 127 Å². The summed E-state index contributed by atoms with van der Waals surface area (Å²) in [5.41, 5.74) is 1.56. The predicted octanol–water partition coefficient (Wildman–Crippen LogP) is 4.20. The summed E-state index contributed by atoms with van der Waals surface area (Å²) in [6, 6.07) is 11.6. The number of nitrogens with one attached hydrogen (secondary N) is 1. The number of benzene rings is 2. The van der Waals surface area contributed by atoms with E-state index in [0.29, 0.717) is 5.69 Å². The molecule has 1 amide bonds. The molecule has 21 heavy (non-hydrogen) atoms. The average Bonchev–Trinajstić information content (AvgIpc) is 2.43. The molecule has 2 rings (SSSR count). The Hall–Kier alpha value is -2.07. The van der Waals surface area contributed by atoms with E-state index in [-0.39, 0.29) is 24.0 Å². The summed E-state index contributed by atoms with van der Waals surface area (Å²) in [7, 11) is 0. The van der Waals surface area contributed by atoms with E-state index in [2.05, 4.69) is 5.32 Å². The second-order valence-electron chi connectivity index (χ2n) is 4.59. The number of anilines is 1. The van der Waals surface area contributed by atoms with E-state index >= 15 is 0 Å². The maximum Gasteiger partial charge on any atom is 0.227 e. The van der Waals surface area contributed by atoms with Crippen molar-refractivity contribution in [3.05, 3.63) is 58.9 Å². The van der Waals surface area contributed by atoms with Gasteiger partial charge in [0.2, 0.25) is 5.91 Å². The van der Waals surface area contributed by atoms with Gasteiger partial charge < -0.3 is 10.1 Å². The number of amides is 1. The third-order valence-electron chi connectivity index (χ3n) is 2.79. The molecule has 0 saturated carbocycles. The van der Waals surface area contributed by atoms with Crippen molar-refractivity contribution in [3.8, 4) is 5.75 Å². The van der Waals surface area contributed by atoms with Gasteiger partial charge >= 0.3 is 0 Å². The lowest BCUT2D eigenvalue weighted by Gasteiger charge is -2.08. The summed E-state index contributed by atoms with van der Waals surface area (Å²) in [5.74, 6) is -0.00426. The molecule has 0 aliphatic carbocycles. The van der Waals surface area contributed by atoms with E-state index < -0.39 is 5.82 Å². The van der Waals surface area contributed by atoms with E-state index in [4.69, 9.17) is 16.3 Å². The molecule has 0 heterocycles. The van der Waals surface area contributed by atoms with Gasteiger partial charge in [0.15, 0.2) is 0 Å². The number of ether oxygens (including phenoxy) is 1. The first kappa shape index (κ1) is 15.3. The highest BCUT2D eigenvalue weighted by molar-refractivity contribution is 6.31. The maximum absolute atomic E-state index is 13.0. The molecule has 0 aliphatic heterocycles. The molecule has 0 fully saturated rings. The summed E-state index contributed by atoms with van der Waals surface area (Å²) in [6.07, 6.45) is 0.197. The molecule has 0 radical (unpaired) electrons. The van der Waals surface area contributed by atoms with Crippen LogP contribution in [0.4, 0.5) is 10.1 Å². The highest BCUT2D eigenvalue weighted by atomic mass is 35.5. The van der Waals surface area contributed by atoms with Gasteiger partial charge in [-0.15, -0.1) is 0 Å². The Bertz CT molecular complexity index is 646. The van der Waals surface area contributed by atoms with Crippen molar-refractivity contribution in [2.75, 3.05) is 11.9 Å². The van der Waals surface area contributed by atoms with Crippen molar-refractivity contribution in [3.63, 3.8) is 0 Å². The van der Waals surface area contributed by atoms with Crippen LogP contribution in [-0.4, -0.2) is 12.5 Å². The summed E-state index contributed by atoms with van der Waals surface area (Å²) >= 11 is 5.65. The minimum Gasteiger partial charge on any atom is -0.493 e. The van der Waals surface area contributed by atoms with Gasteiger partial charge in [0.05, 0.1) is 18.1 Å². The summed E-state index contributed by atoms with van der Waals surface area (Å²) < 4.78 is 18.5. The number of halogens is 2. The number of hydrogen-bond acceptors (Lipinski definition) is 2. The highest BCUT2D eigenvalue weighted by Gasteiger charge is 2.05. The topological polar surface area (TPSA) is 38.3 Å². The average molecular weight is 308 g/mol. The third kappa shape index (κ3) is 4.76. The molecule has 0 bridgehead atoms. The van der Waals surface area contributed by atoms with Crippen LogP contribution in [0.2, 0.25) is 5.02 Å². The van der Waals surface area contributed by atoms with Crippen LogP contribution in [-0.2, 0) is 4.79 Å². The lowest BCUT2D eigenvalue weighted by molar-refractivity contribution is -0.116. The van der Waals surface area contributed by atoms with Gasteiger partial charge in [-0.1, -0.05) is 23.7 Å². The highest BCUT2D eigenvalue weighted by Crippen LogP contribution is 2.19. The van der Waals surface area contributed by atoms with E-state index in [1.807, 2.05) is 31.2 Å². The van der Waals surface area contributed by atoms with Crippen LogP contribution >= 0.6 is 11.6 Å². The van der Waals surface area contributed by atoms with Crippen LogP contribution in [0, 0.1) is 12.7 Å². The van der Waals surface area contributed by atoms with Gasteiger partial charge in [-0.2, -0.15) is 0 Å². The lowest BCUT2D eigenvalue weighted by atomic mass is 10.2. The fourth-order valence-electron chi connectivity index (χ4n) is 1.76. The Balaban J connectivity index is 1.81. The molecule has 1 N–H and O–H groups in total. The van der Waals surface area contributed by atoms with Gasteiger partial charge in [-0.3, -0.25) is 4.79 Å². The number of aryl methyl sites for hydroxylation is 1. The number of carbonyl (C=O) groups excluding carboxylic acids is 1. The summed E-state index contributed by atoms with van der Waals surface area (Å²) in [5, 5.41) is 2.61. The monoisotopic (exact) mass is 307 g/mol. The largest absolute Gasteiger partial charge is 0.493 e. The van der Waals surface area contributed by atoms with Crippen molar-refractivity contribution in [2.24, 2.45) is 0 Å². The van der Waals surface area contributed by atoms with E-state index in [0.717, 1.165) is 11.3 Å². The molecule has 0 aliphatic rings. The molecule has 3 nitrogen and oxygen atoms in total. The Morgan fingerprint density at radius 1 is 1.29 bits per heavy atom. The smallest absolute Gasteiger partial charge is 0.227 e. The quantitative estimate of drug-likeness (QED) is 0.899. The summed E-state index contributed by atoms with van der Waals surface area (Å²) in [6.45, 7) is 2.24. The second-order valence-corrected chi connectivity index (χ2v) is 5.00. The van der Waals surface area contributed by atoms with Crippen LogP contribution in [0.3, 0.4) is 0 Å². The molecule has 0 unspecified atom stereocenters. The van der Waals surface area contributed by atoms with Gasteiger partial charge in [-0.05, 0) is 42.8 Å². The zero-order valence-corrected chi connectivity index (χ0v) is 12.3. The van der Waals surface area contributed by atoms with Crippen LogP contribution in [0.25, 0.3) is 0 Å². The molecule has 0 atom stereocenters. The Kier molecular flexibility index (Phi) is 5.17. The van der Waals surface area contributed by atoms with Crippen LogP contribution in [0.1, 0.15) is 12.0 Å². The fraction of sp³-hybridized carbons (Fsp3) is 0.188. The molecular weight excluding hydrogens is 293 g/mol. The molecular formula is C16H15ClFNO2. The lowest BCUT2D eigenvalue weighted by Crippen LogP contribution is -2.15. The molecule has 2 aromatic carbocycles. The predicted molar refractivity (Wildman–Crippen MR) is 81.3 cm³/mol. The zero-order chi connectivity index (χ0) is 15.2. The molecule has 110 valence electrons. The van der Waals surface area contributed by atoms with Gasteiger partial charge in [-0.25, -0.2) is 4.39 Å². The number of hydrogen-bond donors (Lipinski definition) is 1. The van der Waals surface area contributed by atoms with Crippen molar-refractivity contribution >= 4 is 23.2 Å². The first-order chi connectivity index (χ1) is 10.0. The Morgan fingerprint density at radius 3 is 2.81 bits per heavy atom. The van der Waals surface area contributed by atoms with E-state index in [1.165, 1.54) is 18.2 Å². The number of carbonyl (C=O) groups is 1. The Morgan fingerprint density at radius 2 is 2.10 bits per heavy atom. The van der Waals surface area contributed by atoms with Crippen molar-refractivity contribution in [1.29, 1.82) is 0 Å². The minimum atomic E-state index is -0.516. The van der Waals surface area contributed by atoms with Gasteiger partial charge in [0.1, 0.15) is 11.6 Å². The van der Waals surface area contributed by atoms with Crippen molar-refractivity contribution in [2.45, 2.75) is 13.3 Å². The second kappa shape index (κ2) is 7.09. The zero-order valence-electron chi connectivity index (χ0n) is 11.5. The van der Waals surface area contributed by atoms with Gasteiger partial charge in [0, 0.05) is 5.69 Å². The fourth-order valence-corrected chi connectivity index (χ4v) is 1.94. The SMILES string of the molecule is Cc1cccc(OCCC(=O)Nc2ccc(F)c(Cl)c2)c1. The molecule has 0 saturated heterocycles. The van der Waals surface area contributed by atoms with Crippen molar-refractivity contribution in [1.82, 2.24) is 0 Å². The number of rotatable bonds is 5. The minimum absolute atomic E-state index is 0.0242. The van der Waals surface area contributed by atoms with Crippen LogP contribution < -0.4 is 10.1 Å². The first-order valence-electron chi connectivity index (χ1n) is 6.49.